The number of esters is 2. The fourth-order valence-electron chi connectivity index (χ4n) is 4.02. The molecule has 104 valence electrons. The van der Waals surface area contributed by atoms with Gasteiger partial charge in [-0.25, -0.2) is 0 Å². The Kier molecular flexibility index (Phi) is 2.67. The zero-order chi connectivity index (χ0) is 13.7. The quantitative estimate of drug-likeness (QED) is 0.539. The molecule has 2 aliphatic heterocycles. The molecule has 4 aliphatic rings. The number of fused-ring (bicyclic) bond motifs is 2. The van der Waals surface area contributed by atoms with Crippen molar-refractivity contribution in [2.45, 2.75) is 12.8 Å². The highest BCUT2D eigenvalue weighted by Crippen LogP contribution is 2.48. The zero-order valence-electron chi connectivity index (χ0n) is 11.1. The lowest BCUT2D eigenvalue weighted by molar-refractivity contribution is -0.153. The van der Waals surface area contributed by atoms with E-state index in [1.54, 1.807) is 0 Å². The molecular weight excluding hydrogens is 256 g/mol. The molecule has 2 heterocycles. The summed E-state index contributed by atoms with van der Waals surface area (Å²) in [5, 5.41) is 0. The summed E-state index contributed by atoms with van der Waals surface area (Å²) in [5.74, 6) is -0.248. The maximum absolute atomic E-state index is 11.9. The molecule has 0 N–H and O–H groups in total. The summed E-state index contributed by atoms with van der Waals surface area (Å²) in [4.78, 5) is 23.3. The number of hydrogen-bond donors (Lipinski definition) is 0. The monoisotopic (exact) mass is 272 g/mol. The van der Waals surface area contributed by atoms with E-state index in [-0.39, 0.29) is 36.1 Å². The van der Waals surface area contributed by atoms with E-state index < -0.39 is 0 Å². The summed E-state index contributed by atoms with van der Waals surface area (Å²) in [6.07, 6.45) is 9.49. The van der Waals surface area contributed by atoms with Gasteiger partial charge in [0.15, 0.2) is 0 Å². The lowest BCUT2D eigenvalue weighted by atomic mass is 9.65. The molecule has 0 spiro atoms. The van der Waals surface area contributed by atoms with Crippen molar-refractivity contribution in [3.05, 3.63) is 35.5 Å². The largest absolute Gasteiger partial charge is 0.393 e. The number of rotatable bonds is 1. The minimum Gasteiger partial charge on any atom is -0.393 e. The summed E-state index contributed by atoms with van der Waals surface area (Å²) in [6, 6.07) is 0. The Bertz CT molecular complexity index is 569. The normalized spacial score (nSPS) is 39.0. The zero-order valence-corrected chi connectivity index (χ0v) is 11.1. The second kappa shape index (κ2) is 4.42. The summed E-state index contributed by atoms with van der Waals surface area (Å²) in [5.41, 5.74) is 2.67. The summed E-state index contributed by atoms with van der Waals surface area (Å²) in [7, 11) is 0. The Morgan fingerprint density at radius 2 is 2.10 bits per heavy atom. The fourth-order valence-corrected chi connectivity index (χ4v) is 4.02. The number of cyclic esters (lactones) is 2. The molecular formula is C16H16O4. The number of carbonyl (C=O) groups is 2. The molecule has 0 aromatic rings. The number of carbonyl (C=O) groups excluding carboxylic acids is 2. The maximum Gasteiger partial charge on any atom is 0.317 e. The van der Waals surface area contributed by atoms with Crippen LogP contribution in [0.1, 0.15) is 12.8 Å². The van der Waals surface area contributed by atoms with E-state index in [1.165, 1.54) is 11.1 Å². The van der Waals surface area contributed by atoms with E-state index in [2.05, 4.69) is 12.2 Å². The van der Waals surface area contributed by atoms with Gasteiger partial charge in [0.1, 0.15) is 0 Å². The molecule has 4 rings (SSSR count). The molecule has 4 heteroatoms. The summed E-state index contributed by atoms with van der Waals surface area (Å²) < 4.78 is 10.4. The minimum atomic E-state index is -0.380. The minimum absolute atomic E-state index is 0.153. The number of hydrogen-bond acceptors (Lipinski definition) is 4. The average Bonchev–Trinajstić information content (AvgIpc) is 3.04. The van der Waals surface area contributed by atoms with Crippen LogP contribution in [0.2, 0.25) is 0 Å². The van der Waals surface area contributed by atoms with E-state index in [0.717, 1.165) is 13.0 Å². The molecule has 2 aliphatic carbocycles. The first-order valence-electron chi connectivity index (χ1n) is 7.14. The van der Waals surface area contributed by atoms with E-state index in [4.69, 9.17) is 9.47 Å². The van der Waals surface area contributed by atoms with E-state index in [9.17, 15) is 9.59 Å². The topological polar surface area (TPSA) is 52.6 Å². The third-order valence-electron chi connectivity index (χ3n) is 4.94. The third kappa shape index (κ3) is 1.71. The Morgan fingerprint density at radius 3 is 2.90 bits per heavy atom. The second-order valence-electron chi connectivity index (χ2n) is 5.97. The van der Waals surface area contributed by atoms with Gasteiger partial charge < -0.3 is 9.47 Å². The van der Waals surface area contributed by atoms with Gasteiger partial charge in [-0.05, 0) is 23.5 Å². The number of ether oxygens (including phenoxy) is 2. The van der Waals surface area contributed by atoms with Crippen LogP contribution in [0.3, 0.4) is 0 Å². The van der Waals surface area contributed by atoms with Crippen LogP contribution < -0.4 is 0 Å². The molecule has 0 aromatic carbocycles. The first-order chi connectivity index (χ1) is 9.74. The molecule has 0 aromatic heterocycles. The Morgan fingerprint density at radius 1 is 1.20 bits per heavy atom. The van der Waals surface area contributed by atoms with Gasteiger partial charge in [-0.3, -0.25) is 9.59 Å². The van der Waals surface area contributed by atoms with Gasteiger partial charge in [0.25, 0.3) is 0 Å². The van der Waals surface area contributed by atoms with Crippen LogP contribution in [0.4, 0.5) is 0 Å². The molecule has 20 heavy (non-hydrogen) atoms. The Labute approximate surface area is 117 Å². The maximum atomic E-state index is 11.9. The molecule has 4 nitrogen and oxygen atoms in total. The van der Waals surface area contributed by atoms with Crippen LogP contribution in [0.15, 0.2) is 35.5 Å². The Balaban J connectivity index is 1.72. The predicted molar refractivity (Wildman–Crippen MR) is 70.4 cm³/mol. The third-order valence-corrected chi connectivity index (χ3v) is 4.94. The van der Waals surface area contributed by atoms with Crippen molar-refractivity contribution in [3.63, 3.8) is 0 Å². The second-order valence-corrected chi connectivity index (χ2v) is 5.97. The van der Waals surface area contributed by atoms with Crippen LogP contribution in [-0.2, 0) is 19.1 Å². The van der Waals surface area contributed by atoms with Gasteiger partial charge >= 0.3 is 11.9 Å². The average molecular weight is 272 g/mol. The van der Waals surface area contributed by atoms with Crippen LogP contribution in [-0.4, -0.2) is 25.2 Å². The molecule has 0 amide bonds. The van der Waals surface area contributed by atoms with Crippen molar-refractivity contribution < 1.29 is 19.1 Å². The van der Waals surface area contributed by atoms with Crippen molar-refractivity contribution >= 4 is 11.9 Å². The molecule has 4 unspecified atom stereocenters. The lowest BCUT2D eigenvalue weighted by Gasteiger charge is -2.37. The van der Waals surface area contributed by atoms with Crippen molar-refractivity contribution in [1.29, 1.82) is 0 Å². The molecule has 0 saturated carbocycles. The predicted octanol–water partition coefficient (Wildman–Crippen LogP) is 1.78. The fraction of sp³-hybridized carbons (Fsp3) is 0.500. The van der Waals surface area contributed by atoms with Crippen molar-refractivity contribution in [1.82, 2.24) is 0 Å². The first kappa shape index (κ1) is 12.1. The van der Waals surface area contributed by atoms with Gasteiger partial charge in [-0.2, -0.15) is 0 Å². The molecule has 2 saturated heterocycles. The van der Waals surface area contributed by atoms with Crippen molar-refractivity contribution in [2.75, 3.05) is 13.2 Å². The van der Waals surface area contributed by atoms with E-state index in [0.29, 0.717) is 12.5 Å². The van der Waals surface area contributed by atoms with Gasteiger partial charge in [-0.15, -0.1) is 0 Å². The summed E-state index contributed by atoms with van der Waals surface area (Å²) >= 11 is 0. The number of allylic oxidation sites excluding steroid dienone is 5. The molecule has 0 radical (unpaired) electrons. The highest BCUT2D eigenvalue weighted by Gasteiger charge is 2.47. The molecule has 0 bridgehead atoms. The Hall–Kier alpha value is -1.68. The van der Waals surface area contributed by atoms with Gasteiger partial charge in [-0.1, -0.05) is 24.3 Å². The highest BCUT2D eigenvalue weighted by molar-refractivity contribution is 5.94. The van der Waals surface area contributed by atoms with E-state index >= 15 is 0 Å². The van der Waals surface area contributed by atoms with Gasteiger partial charge in [0, 0.05) is 11.8 Å². The smallest absolute Gasteiger partial charge is 0.317 e. The van der Waals surface area contributed by atoms with Crippen LogP contribution in [0.5, 0.6) is 0 Å². The first-order valence-corrected chi connectivity index (χ1v) is 7.14. The lowest BCUT2D eigenvalue weighted by Crippen LogP contribution is -2.34. The van der Waals surface area contributed by atoms with Crippen molar-refractivity contribution in [2.24, 2.45) is 23.7 Å². The SMILES string of the molecule is O=C1CC(C2CC3COCC3=C3C=CC=CC32)C(=O)O1. The summed E-state index contributed by atoms with van der Waals surface area (Å²) in [6.45, 7) is 1.44. The van der Waals surface area contributed by atoms with Crippen LogP contribution in [0, 0.1) is 23.7 Å². The standard InChI is InChI=1S/C16H16O4/c17-15-6-13(16(18)20-15)12-5-9-7-19-8-14(9)11-4-2-1-3-10(11)12/h1-4,9-10,12-13H,5-8H2. The van der Waals surface area contributed by atoms with Crippen LogP contribution in [0.25, 0.3) is 0 Å². The molecule has 2 fully saturated rings. The van der Waals surface area contributed by atoms with E-state index in [1.807, 2.05) is 12.2 Å². The van der Waals surface area contributed by atoms with Crippen LogP contribution >= 0.6 is 0 Å². The molecule has 4 atom stereocenters. The highest BCUT2D eigenvalue weighted by atomic mass is 16.6. The van der Waals surface area contributed by atoms with Gasteiger partial charge in [0.2, 0.25) is 0 Å². The van der Waals surface area contributed by atoms with Gasteiger partial charge in [0.05, 0.1) is 25.6 Å². The van der Waals surface area contributed by atoms with Crippen molar-refractivity contribution in [3.8, 4) is 0 Å².